The van der Waals surface area contributed by atoms with Gasteiger partial charge in [0.15, 0.2) is 0 Å². The number of anilines is 1. The summed E-state index contributed by atoms with van der Waals surface area (Å²) in [5.74, 6) is 0. The number of rotatable bonds is 3. The van der Waals surface area contributed by atoms with E-state index in [9.17, 15) is 5.11 Å². The maximum absolute atomic E-state index is 9.30. The Hall–Kier alpha value is -1.09. The van der Waals surface area contributed by atoms with Crippen LogP contribution in [-0.2, 0) is 6.61 Å². The van der Waals surface area contributed by atoms with Gasteiger partial charge >= 0.3 is 0 Å². The maximum Gasteiger partial charge on any atom is 0.0703 e. The first kappa shape index (κ1) is 13.0. The Morgan fingerprint density at radius 2 is 2.06 bits per heavy atom. The highest BCUT2D eigenvalue weighted by Gasteiger charge is 2.25. The summed E-state index contributed by atoms with van der Waals surface area (Å²) in [5.41, 5.74) is 2.12. The van der Waals surface area contributed by atoms with Gasteiger partial charge in [-0.05, 0) is 18.4 Å². The summed E-state index contributed by atoms with van der Waals surface area (Å²) in [7, 11) is 2.05. The van der Waals surface area contributed by atoms with Crippen molar-refractivity contribution >= 4 is 5.69 Å². The van der Waals surface area contributed by atoms with E-state index >= 15 is 0 Å². The van der Waals surface area contributed by atoms with Crippen LogP contribution in [0.5, 0.6) is 0 Å². The molecule has 0 aliphatic carbocycles. The molecule has 0 fully saturated rings. The number of aliphatic hydroxyl groups is 1. The van der Waals surface area contributed by atoms with E-state index < -0.39 is 0 Å². The van der Waals surface area contributed by atoms with Gasteiger partial charge in [-0.15, -0.1) is 0 Å². The Kier molecular flexibility index (Phi) is 3.92. The van der Waals surface area contributed by atoms with Crippen LogP contribution in [0.1, 0.15) is 33.3 Å². The van der Waals surface area contributed by atoms with Crippen LogP contribution < -0.4 is 4.90 Å². The first-order valence-corrected chi connectivity index (χ1v) is 5.64. The van der Waals surface area contributed by atoms with Gasteiger partial charge in [0.05, 0.1) is 18.5 Å². The number of hydrogen-bond acceptors (Lipinski definition) is 3. The van der Waals surface area contributed by atoms with E-state index in [-0.39, 0.29) is 12.0 Å². The van der Waals surface area contributed by atoms with Crippen molar-refractivity contribution in [2.75, 3.05) is 11.9 Å². The molecule has 1 rings (SSSR count). The van der Waals surface area contributed by atoms with Gasteiger partial charge in [0.25, 0.3) is 0 Å². The van der Waals surface area contributed by atoms with Crippen LogP contribution in [-0.4, -0.2) is 23.2 Å². The second kappa shape index (κ2) is 4.83. The standard InChI is InChI=1S/C13H22N2O/c1-10(13(2,3)4)15(5)12-8-14-7-6-11(12)9-16/h6-8,10,16H,9H2,1-5H3. The SMILES string of the molecule is CC(N(C)c1cnccc1CO)C(C)(C)C. The van der Waals surface area contributed by atoms with Crippen LogP contribution in [0.4, 0.5) is 5.69 Å². The van der Waals surface area contributed by atoms with Gasteiger partial charge in [-0.25, -0.2) is 0 Å². The van der Waals surface area contributed by atoms with Crippen molar-refractivity contribution in [1.29, 1.82) is 0 Å². The Bertz CT molecular complexity index is 344. The van der Waals surface area contributed by atoms with E-state index in [1.807, 2.05) is 19.3 Å². The molecule has 90 valence electrons. The highest BCUT2D eigenvalue weighted by atomic mass is 16.3. The minimum Gasteiger partial charge on any atom is -0.392 e. The number of aliphatic hydroxyl groups excluding tert-OH is 1. The van der Waals surface area contributed by atoms with Gasteiger partial charge in [0.1, 0.15) is 0 Å². The van der Waals surface area contributed by atoms with E-state index in [1.54, 1.807) is 6.20 Å². The molecule has 3 heteroatoms. The molecule has 0 aromatic carbocycles. The second-order valence-corrected chi connectivity index (χ2v) is 5.32. The van der Waals surface area contributed by atoms with Crippen molar-refractivity contribution in [2.45, 2.75) is 40.3 Å². The third kappa shape index (κ3) is 2.73. The highest BCUT2D eigenvalue weighted by Crippen LogP contribution is 2.28. The topological polar surface area (TPSA) is 36.4 Å². The van der Waals surface area contributed by atoms with Gasteiger partial charge in [-0.3, -0.25) is 4.98 Å². The molecule has 0 radical (unpaired) electrons. The summed E-state index contributed by atoms with van der Waals surface area (Å²) in [6, 6.07) is 2.24. The van der Waals surface area contributed by atoms with E-state index in [0.29, 0.717) is 6.04 Å². The quantitative estimate of drug-likeness (QED) is 0.853. The fraction of sp³-hybridized carbons (Fsp3) is 0.615. The van der Waals surface area contributed by atoms with Crippen molar-refractivity contribution in [3.05, 3.63) is 24.0 Å². The molecule has 0 bridgehead atoms. The molecule has 0 spiro atoms. The zero-order valence-corrected chi connectivity index (χ0v) is 10.9. The lowest BCUT2D eigenvalue weighted by Crippen LogP contribution is -2.39. The second-order valence-electron chi connectivity index (χ2n) is 5.32. The molecule has 0 saturated carbocycles. The van der Waals surface area contributed by atoms with Crippen LogP contribution in [0.15, 0.2) is 18.5 Å². The summed E-state index contributed by atoms with van der Waals surface area (Å²) in [6.45, 7) is 8.88. The first-order chi connectivity index (χ1) is 7.38. The molecule has 1 heterocycles. The molecule has 16 heavy (non-hydrogen) atoms. The van der Waals surface area contributed by atoms with Gasteiger partial charge in [-0.2, -0.15) is 0 Å². The predicted molar refractivity (Wildman–Crippen MR) is 67.5 cm³/mol. The Morgan fingerprint density at radius 3 is 2.56 bits per heavy atom. The molecular formula is C13H22N2O. The lowest BCUT2D eigenvalue weighted by molar-refractivity contribution is 0.280. The zero-order valence-electron chi connectivity index (χ0n) is 10.9. The molecule has 0 aliphatic rings. The zero-order chi connectivity index (χ0) is 12.3. The van der Waals surface area contributed by atoms with E-state index in [4.69, 9.17) is 0 Å². The molecule has 0 amide bonds. The number of nitrogens with zero attached hydrogens (tertiary/aromatic N) is 2. The molecule has 3 nitrogen and oxygen atoms in total. The third-order valence-corrected chi connectivity index (χ3v) is 3.27. The van der Waals surface area contributed by atoms with Crippen molar-refractivity contribution in [1.82, 2.24) is 4.98 Å². The minimum absolute atomic E-state index is 0.0546. The third-order valence-electron chi connectivity index (χ3n) is 3.27. The Balaban J connectivity index is 3.00. The maximum atomic E-state index is 9.30. The normalized spacial score (nSPS) is 13.6. The van der Waals surface area contributed by atoms with Gasteiger partial charge in [0.2, 0.25) is 0 Å². The largest absolute Gasteiger partial charge is 0.392 e. The number of pyridine rings is 1. The lowest BCUT2D eigenvalue weighted by Gasteiger charge is -2.37. The lowest BCUT2D eigenvalue weighted by atomic mass is 9.87. The monoisotopic (exact) mass is 222 g/mol. The fourth-order valence-corrected chi connectivity index (χ4v) is 1.66. The first-order valence-electron chi connectivity index (χ1n) is 5.64. The van der Waals surface area contributed by atoms with Crippen molar-refractivity contribution in [2.24, 2.45) is 5.41 Å². The summed E-state index contributed by atoms with van der Waals surface area (Å²) >= 11 is 0. The van der Waals surface area contributed by atoms with Crippen molar-refractivity contribution in [3.8, 4) is 0 Å². The fourth-order valence-electron chi connectivity index (χ4n) is 1.66. The molecule has 1 atom stereocenters. The molecule has 0 aliphatic heterocycles. The summed E-state index contributed by atoms with van der Waals surface area (Å²) in [5, 5.41) is 9.30. The van der Waals surface area contributed by atoms with Crippen molar-refractivity contribution in [3.63, 3.8) is 0 Å². The predicted octanol–water partition coefficient (Wildman–Crippen LogP) is 2.44. The number of aromatic nitrogens is 1. The van der Waals surface area contributed by atoms with E-state index in [0.717, 1.165) is 11.3 Å². The molecule has 1 aromatic rings. The van der Waals surface area contributed by atoms with Crippen LogP contribution in [0, 0.1) is 5.41 Å². The Morgan fingerprint density at radius 1 is 1.44 bits per heavy atom. The molecule has 1 N–H and O–H groups in total. The molecular weight excluding hydrogens is 200 g/mol. The highest BCUT2D eigenvalue weighted by molar-refractivity contribution is 5.51. The molecule has 0 saturated heterocycles. The number of hydrogen-bond donors (Lipinski definition) is 1. The summed E-state index contributed by atoms with van der Waals surface area (Å²) in [4.78, 5) is 6.31. The van der Waals surface area contributed by atoms with Crippen LogP contribution in [0.3, 0.4) is 0 Å². The van der Waals surface area contributed by atoms with Crippen molar-refractivity contribution < 1.29 is 5.11 Å². The van der Waals surface area contributed by atoms with E-state index in [2.05, 4.69) is 37.6 Å². The summed E-state index contributed by atoms with van der Waals surface area (Å²) < 4.78 is 0. The van der Waals surface area contributed by atoms with Crippen LogP contribution >= 0.6 is 0 Å². The molecule has 1 aromatic heterocycles. The van der Waals surface area contributed by atoms with Gasteiger partial charge < -0.3 is 10.0 Å². The Labute approximate surface area is 98.1 Å². The van der Waals surface area contributed by atoms with E-state index in [1.165, 1.54) is 0 Å². The van der Waals surface area contributed by atoms with Crippen LogP contribution in [0.25, 0.3) is 0 Å². The smallest absolute Gasteiger partial charge is 0.0703 e. The summed E-state index contributed by atoms with van der Waals surface area (Å²) in [6.07, 6.45) is 3.53. The average molecular weight is 222 g/mol. The van der Waals surface area contributed by atoms with Gasteiger partial charge in [0, 0.05) is 24.8 Å². The molecule has 1 unspecified atom stereocenters. The average Bonchev–Trinajstić information content (AvgIpc) is 2.25. The van der Waals surface area contributed by atoms with Gasteiger partial charge in [-0.1, -0.05) is 20.8 Å². The minimum atomic E-state index is 0.0546. The van der Waals surface area contributed by atoms with Crippen LogP contribution in [0.2, 0.25) is 0 Å².